The summed E-state index contributed by atoms with van der Waals surface area (Å²) in [5.74, 6) is -1.15. The van der Waals surface area contributed by atoms with Crippen LogP contribution in [0.1, 0.15) is 49.9 Å². The Morgan fingerprint density at radius 1 is 1.22 bits per heavy atom. The number of hydrogen-bond donors (Lipinski definition) is 0. The van der Waals surface area contributed by atoms with E-state index in [-0.39, 0.29) is 29.5 Å². The molecule has 0 saturated heterocycles. The average Bonchev–Trinajstić information content (AvgIpc) is 2.68. The Morgan fingerprint density at radius 2 is 1.93 bits per heavy atom. The molecule has 0 radical (unpaired) electrons. The molecule has 150 valence electrons. The third kappa shape index (κ3) is 6.54. The Labute approximate surface area is 159 Å². The fourth-order valence-electron chi connectivity index (χ4n) is 2.76. The first-order chi connectivity index (χ1) is 12.8. The molecular formula is C19H28N2O6. The molecule has 27 heavy (non-hydrogen) atoms. The van der Waals surface area contributed by atoms with Crippen LogP contribution in [0.3, 0.4) is 0 Å². The molecule has 1 atom stereocenters. The molecule has 8 nitrogen and oxygen atoms in total. The van der Waals surface area contributed by atoms with Gasteiger partial charge in [0.05, 0.1) is 25.1 Å². The normalized spacial score (nSPS) is 11.6. The standard InChI is InChI=1S/C19H28N2O6/c1-5-6-7-8-11-20(13-14(2)19(23)27-4)18(22)15-9-10-17(26-3)16(12-15)21(24)25/h9-10,12,14H,5-8,11,13H2,1-4H3. The summed E-state index contributed by atoms with van der Waals surface area (Å²) in [6.45, 7) is 4.45. The number of nitro benzene ring substituents is 1. The molecular weight excluding hydrogens is 352 g/mol. The number of benzene rings is 1. The van der Waals surface area contributed by atoms with Gasteiger partial charge in [0.25, 0.3) is 5.91 Å². The molecule has 1 aromatic rings. The highest BCUT2D eigenvalue weighted by Gasteiger charge is 2.25. The molecule has 1 unspecified atom stereocenters. The van der Waals surface area contributed by atoms with E-state index in [1.807, 2.05) is 0 Å². The zero-order chi connectivity index (χ0) is 20.4. The summed E-state index contributed by atoms with van der Waals surface area (Å²) in [6, 6.07) is 4.11. The van der Waals surface area contributed by atoms with Gasteiger partial charge in [-0.1, -0.05) is 33.1 Å². The largest absolute Gasteiger partial charge is 0.490 e. The maximum atomic E-state index is 12.9. The maximum Gasteiger partial charge on any atom is 0.311 e. The summed E-state index contributed by atoms with van der Waals surface area (Å²) in [6.07, 6.45) is 3.89. The lowest BCUT2D eigenvalue weighted by Gasteiger charge is -2.25. The highest BCUT2D eigenvalue weighted by molar-refractivity contribution is 5.95. The van der Waals surface area contributed by atoms with Gasteiger partial charge in [0, 0.05) is 24.7 Å². The third-order valence-corrected chi connectivity index (χ3v) is 4.29. The van der Waals surface area contributed by atoms with E-state index in [9.17, 15) is 19.7 Å². The monoisotopic (exact) mass is 380 g/mol. The van der Waals surface area contributed by atoms with E-state index in [0.29, 0.717) is 6.54 Å². The topological polar surface area (TPSA) is 99.0 Å². The van der Waals surface area contributed by atoms with Crippen molar-refractivity contribution in [1.82, 2.24) is 4.90 Å². The first-order valence-electron chi connectivity index (χ1n) is 9.05. The lowest BCUT2D eigenvalue weighted by Crippen LogP contribution is -2.38. The lowest BCUT2D eigenvalue weighted by atomic mass is 10.1. The van der Waals surface area contributed by atoms with Gasteiger partial charge in [0.2, 0.25) is 0 Å². The van der Waals surface area contributed by atoms with Crippen molar-refractivity contribution in [3.05, 3.63) is 33.9 Å². The van der Waals surface area contributed by atoms with Gasteiger partial charge in [-0.2, -0.15) is 0 Å². The molecule has 0 saturated carbocycles. The Hall–Kier alpha value is -2.64. The third-order valence-electron chi connectivity index (χ3n) is 4.29. The minimum absolute atomic E-state index is 0.0916. The molecule has 0 aliphatic heterocycles. The van der Waals surface area contributed by atoms with E-state index < -0.39 is 16.8 Å². The average molecular weight is 380 g/mol. The fraction of sp³-hybridized carbons (Fsp3) is 0.579. The summed E-state index contributed by atoms with van der Waals surface area (Å²) in [5.41, 5.74) is -0.0784. The van der Waals surface area contributed by atoms with E-state index in [2.05, 4.69) is 6.92 Å². The number of unbranched alkanes of at least 4 members (excludes halogenated alkanes) is 3. The van der Waals surface area contributed by atoms with Crippen LogP contribution >= 0.6 is 0 Å². The van der Waals surface area contributed by atoms with Gasteiger partial charge in [-0.15, -0.1) is 0 Å². The summed E-state index contributed by atoms with van der Waals surface area (Å²) >= 11 is 0. The van der Waals surface area contributed by atoms with Crippen molar-refractivity contribution in [3.63, 3.8) is 0 Å². The van der Waals surface area contributed by atoms with Crippen LogP contribution in [0.15, 0.2) is 18.2 Å². The Kier molecular flexibility index (Phi) is 9.25. The highest BCUT2D eigenvalue weighted by atomic mass is 16.6. The van der Waals surface area contributed by atoms with E-state index >= 15 is 0 Å². The van der Waals surface area contributed by atoms with E-state index in [4.69, 9.17) is 9.47 Å². The minimum atomic E-state index is -0.585. The molecule has 0 spiro atoms. The molecule has 0 bridgehead atoms. The predicted octanol–water partition coefficient (Wildman–Crippen LogP) is 3.44. The number of amides is 1. The van der Waals surface area contributed by atoms with Crippen molar-refractivity contribution in [1.29, 1.82) is 0 Å². The Balaban J connectivity index is 3.04. The zero-order valence-corrected chi connectivity index (χ0v) is 16.4. The molecule has 0 aliphatic rings. The van der Waals surface area contributed by atoms with Crippen LogP contribution in [0.4, 0.5) is 5.69 Å². The second kappa shape index (κ2) is 11.2. The quantitative estimate of drug-likeness (QED) is 0.252. The fourth-order valence-corrected chi connectivity index (χ4v) is 2.76. The number of nitro groups is 1. The summed E-state index contributed by atoms with van der Waals surface area (Å²) in [7, 11) is 2.64. The first-order valence-corrected chi connectivity index (χ1v) is 9.05. The van der Waals surface area contributed by atoms with Gasteiger partial charge >= 0.3 is 11.7 Å². The summed E-state index contributed by atoms with van der Waals surface area (Å²) in [4.78, 5) is 36.9. The van der Waals surface area contributed by atoms with Crippen LogP contribution in [0.5, 0.6) is 5.75 Å². The van der Waals surface area contributed by atoms with Crippen molar-refractivity contribution < 1.29 is 24.0 Å². The number of carbonyl (C=O) groups excluding carboxylic acids is 2. The number of methoxy groups -OCH3 is 2. The molecule has 1 amide bonds. The maximum absolute atomic E-state index is 12.9. The van der Waals surface area contributed by atoms with Crippen molar-refractivity contribution in [2.45, 2.75) is 39.5 Å². The van der Waals surface area contributed by atoms with Crippen LogP contribution in [0.2, 0.25) is 0 Å². The van der Waals surface area contributed by atoms with Crippen molar-refractivity contribution >= 4 is 17.6 Å². The zero-order valence-electron chi connectivity index (χ0n) is 16.4. The molecule has 0 aliphatic carbocycles. The van der Waals surface area contributed by atoms with E-state index in [0.717, 1.165) is 25.7 Å². The van der Waals surface area contributed by atoms with E-state index in [1.54, 1.807) is 11.8 Å². The second-order valence-corrected chi connectivity index (χ2v) is 6.38. The van der Waals surface area contributed by atoms with Crippen LogP contribution in [0.25, 0.3) is 0 Å². The van der Waals surface area contributed by atoms with Crippen LogP contribution in [0, 0.1) is 16.0 Å². The van der Waals surface area contributed by atoms with Crippen LogP contribution in [-0.2, 0) is 9.53 Å². The smallest absolute Gasteiger partial charge is 0.311 e. The SMILES string of the molecule is CCCCCCN(CC(C)C(=O)OC)C(=O)c1ccc(OC)c([N+](=O)[O-])c1. The van der Waals surface area contributed by atoms with E-state index in [1.165, 1.54) is 32.4 Å². The van der Waals surface area contributed by atoms with Crippen molar-refractivity contribution in [3.8, 4) is 5.75 Å². The highest BCUT2D eigenvalue weighted by Crippen LogP contribution is 2.28. The second-order valence-electron chi connectivity index (χ2n) is 6.38. The molecule has 1 aromatic carbocycles. The molecule has 0 aromatic heterocycles. The molecule has 8 heteroatoms. The number of rotatable bonds is 11. The van der Waals surface area contributed by atoms with Gasteiger partial charge in [0.1, 0.15) is 0 Å². The predicted molar refractivity (Wildman–Crippen MR) is 101 cm³/mol. The number of nitrogens with zero attached hydrogens (tertiary/aromatic N) is 2. The Morgan fingerprint density at radius 3 is 2.48 bits per heavy atom. The molecule has 1 rings (SSSR count). The summed E-state index contributed by atoms with van der Waals surface area (Å²) < 4.78 is 9.72. The number of hydrogen-bond acceptors (Lipinski definition) is 6. The summed E-state index contributed by atoms with van der Waals surface area (Å²) in [5, 5.41) is 11.2. The molecule has 0 fully saturated rings. The van der Waals surface area contributed by atoms with Crippen molar-refractivity contribution in [2.24, 2.45) is 5.92 Å². The molecule has 0 N–H and O–H groups in total. The number of esters is 1. The van der Waals surface area contributed by atoms with Gasteiger partial charge in [-0.05, 0) is 18.6 Å². The van der Waals surface area contributed by atoms with Crippen molar-refractivity contribution in [2.75, 3.05) is 27.3 Å². The first kappa shape index (κ1) is 22.4. The van der Waals surface area contributed by atoms with Gasteiger partial charge in [-0.3, -0.25) is 19.7 Å². The number of ether oxygens (including phenoxy) is 2. The minimum Gasteiger partial charge on any atom is -0.490 e. The molecule has 0 heterocycles. The van der Waals surface area contributed by atoms with Gasteiger partial charge in [-0.25, -0.2) is 0 Å². The lowest BCUT2D eigenvalue weighted by molar-refractivity contribution is -0.385. The number of carbonyl (C=O) groups is 2. The van der Waals surface area contributed by atoms with Gasteiger partial charge < -0.3 is 14.4 Å². The van der Waals surface area contributed by atoms with Crippen LogP contribution < -0.4 is 4.74 Å². The van der Waals surface area contributed by atoms with Crippen LogP contribution in [-0.4, -0.2) is 49.0 Å². The van der Waals surface area contributed by atoms with Gasteiger partial charge in [0.15, 0.2) is 5.75 Å². The Bertz CT molecular complexity index is 662.